The van der Waals surface area contributed by atoms with Crippen LogP contribution in [0.5, 0.6) is 5.75 Å². The Hall–Kier alpha value is -1.80. The quantitative estimate of drug-likeness (QED) is 0.701. The average Bonchev–Trinajstić information content (AvgIpc) is 2.48. The van der Waals surface area contributed by atoms with Crippen molar-refractivity contribution < 1.29 is 9.47 Å². The molecule has 0 amide bonds. The molecule has 0 aliphatic heterocycles. The molecule has 0 aromatic heterocycles. The number of methoxy groups -OCH3 is 1. The van der Waals surface area contributed by atoms with E-state index in [0.29, 0.717) is 6.61 Å². The number of hydrogen-bond acceptors (Lipinski definition) is 2. The lowest BCUT2D eigenvalue weighted by molar-refractivity contribution is 0.118. The summed E-state index contributed by atoms with van der Waals surface area (Å²) in [5, 5.41) is 0. The van der Waals surface area contributed by atoms with Crippen molar-refractivity contribution in [3.8, 4) is 5.75 Å². The molecule has 0 unspecified atom stereocenters. The van der Waals surface area contributed by atoms with E-state index in [9.17, 15) is 0 Å². The summed E-state index contributed by atoms with van der Waals surface area (Å²) in [4.78, 5) is 0. The van der Waals surface area contributed by atoms with Crippen LogP contribution in [0.2, 0.25) is 0 Å². The van der Waals surface area contributed by atoms with Crippen LogP contribution in [0.1, 0.15) is 17.5 Å². The van der Waals surface area contributed by atoms with E-state index in [1.807, 2.05) is 30.3 Å². The molecule has 0 N–H and O–H groups in total. The minimum absolute atomic E-state index is 0.693. The first-order valence-electron chi connectivity index (χ1n) is 6.63. The predicted molar refractivity (Wildman–Crippen MR) is 77.4 cm³/mol. The lowest BCUT2D eigenvalue weighted by Crippen LogP contribution is -1.97. The second-order valence-electron chi connectivity index (χ2n) is 4.49. The summed E-state index contributed by atoms with van der Waals surface area (Å²) in [6.45, 7) is 1.48. The number of benzene rings is 2. The Bertz CT molecular complexity index is 480. The number of ether oxygens (including phenoxy) is 2. The number of aryl methyl sites for hydroxylation is 1. The molecule has 2 heteroatoms. The minimum Gasteiger partial charge on any atom is -0.497 e. The van der Waals surface area contributed by atoms with Crippen molar-refractivity contribution >= 4 is 0 Å². The molecule has 0 bridgehead atoms. The maximum atomic E-state index is 5.67. The van der Waals surface area contributed by atoms with Crippen LogP contribution >= 0.6 is 0 Å². The van der Waals surface area contributed by atoms with Gasteiger partial charge >= 0.3 is 0 Å². The van der Waals surface area contributed by atoms with Gasteiger partial charge in [-0.05, 0) is 36.1 Å². The molecule has 100 valence electrons. The normalized spacial score (nSPS) is 10.4. The second kappa shape index (κ2) is 7.59. The van der Waals surface area contributed by atoms with Crippen molar-refractivity contribution in [2.45, 2.75) is 19.4 Å². The van der Waals surface area contributed by atoms with Crippen LogP contribution in [0.3, 0.4) is 0 Å². The molecule has 19 heavy (non-hydrogen) atoms. The highest BCUT2D eigenvalue weighted by molar-refractivity contribution is 5.28. The van der Waals surface area contributed by atoms with Gasteiger partial charge in [0.1, 0.15) is 5.75 Å². The molecule has 0 spiro atoms. The van der Waals surface area contributed by atoms with E-state index in [4.69, 9.17) is 9.47 Å². The van der Waals surface area contributed by atoms with Crippen molar-refractivity contribution in [2.75, 3.05) is 13.7 Å². The van der Waals surface area contributed by atoms with Crippen LogP contribution < -0.4 is 4.74 Å². The van der Waals surface area contributed by atoms with E-state index >= 15 is 0 Å². The lowest BCUT2D eigenvalue weighted by atomic mass is 10.1. The van der Waals surface area contributed by atoms with Gasteiger partial charge in [0, 0.05) is 6.61 Å². The highest BCUT2D eigenvalue weighted by atomic mass is 16.5. The number of hydrogen-bond donors (Lipinski definition) is 0. The van der Waals surface area contributed by atoms with Gasteiger partial charge in [0.25, 0.3) is 0 Å². The van der Waals surface area contributed by atoms with Crippen LogP contribution in [0, 0.1) is 0 Å². The first-order chi connectivity index (χ1) is 9.38. The Balaban J connectivity index is 1.66. The average molecular weight is 256 g/mol. The van der Waals surface area contributed by atoms with Gasteiger partial charge in [-0.2, -0.15) is 0 Å². The summed E-state index contributed by atoms with van der Waals surface area (Å²) < 4.78 is 10.9. The monoisotopic (exact) mass is 256 g/mol. The molecule has 2 aromatic carbocycles. The molecule has 0 aliphatic carbocycles. The molecular weight excluding hydrogens is 236 g/mol. The molecule has 0 radical (unpaired) electrons. The van der Waals surface area contributed by atoms with Gasteiger partial charge < -0.3 is 9.47 Å². The van der Waals surface area contributed by atoms with E-state index < -0.39 is 0 Å². The maximum Gasteiger partial charge on any atom is 0.119 e. The third-order valence-electron chi connectivity index (χ3n) is 3.00. The molecule has 0 atom stereocenters. The van der Waals surface area contributed by atoms with Crippen LogP contribution in [0.25, 0.3) is 0 Å². The summed E-state index contributed by atoms with van der Waals surface area (Å²) in [5.41, 5.74) is 2.52. The third-order valence-corrected chi connectivity index (χ3v) is 3.00. The zero-order valence-corrected chi connectivity index (χ0v) is 11.3. The van der Waals surface area contributed by atoms with Gasteiger partial charge in [-0.15, -0.1) is 0 Å². The van der Waals surface area contributed by atoms with E-state index in [2.05, 4.69) is 24.3 Å². The van der Waals surface area contributed by atoms with Crippen molar-refractivity contribution in [3.05, 3.63) is 65.7 Å². The SMILES string of the molecule is COc1cccc(CCCOCc2ccccc2)c1. The molecular formula is C17H20O2. The topological polar surface area (TPSA) is 18.5 Å². The van der Waals surface area contributed by atoms with E-state index in [-0.39, 0.29) is 0 Å². The highest BCUT2D eigenvalue weighted by Crippen LogP contribution is 2.14. The van der Waals surface area contributed by atoms with Crippen molar-refractivity contribution in [1.82, 2.24) is 0 Å². The molecule has 0 saturated heterocycles. The summed E-state index contributed by atoms with van der Waals surface area (Å²) >= 11 is 0. The van der Waals surface area contributed by atoms with Crippen molar-refractivity contribution in [1.29, 1.82) is 0 Å². The zero-order chi connectivity index (χ0) is 13.3. The highest BCUT2D eigenvalue weighted by Gasteiger charge is 1.97. The van der Waals surface area contributed by atoms with E-state index in [1.165, 1.54) is 11.1 Å². The van der Waals surface area contributed by atoms with Crippen LogP contribution in [0.4, 0.5) is 0 Å². The van der Waals surface area contributed by atoms with Crippen LogP contribution in [-0.4, -0.2) is 13.7 Å². The van der Waals surface area contributed by atoms with Gasteiger partial charge in [0.2, 0.25) is 0 Å². The van der Waals surface area contributed by atoms with Gasteiger partial charge in [-0.1, -0.05) is 42.5 Å². The summed E-state index contributed by atoms with van der Waals surface area (Å²) in [6.07, 6.45) is 2.05. The number of rotatable bonds is 7. The van der Waals surface area contributed by atoms with Gasteiger partial charge in [-0.25, -0.2) is 0 Å². The molecule has 0 fully saturated rings. The van der Waals surface area contributed by atoms with Crippen LogP contribution in [0.15, 0.2) is 54.6 Å². The first-order valence-corrected chi connectivity index (χ1v) is 6.63. The molecule has 0 heterocycles. The van der Waals surface area contributed by atoms with Gasteiger partial charge in [0.15, 0.2) is 0 Å². The Labute approximate surface area is 115 Å². The molecule has 2 nitrogen and oxygen atoms in total. The fourth-order valence-electron chi connectivity index (χ4n) is 1.97. The second-order valence-corrected chi connectivity index (χ2v) is 4.49. The molecule has 2 aromatic rings. The smallest absolute Gasteiger partial charge is 0.119 e. The summed E-state index contributed by atoms with van der Waals surface area (Å²) in [5.74, 6) is 0.919. The molecule has 0 aliphatic rings. The minimum atomic E-state index is 0.693. The van der Waals surface area contributed by atoms with Crippen LogP contribution in [-0.2, 0) is 17.8 Å². The standard InChI is InChI=1S/C17H20O2/c1-18-17-11-5-9-15(13-17)10-6-12-19-14-16-7-3-2-4-8-16/h2-5,7-9,11,13H,6,10,12,14H2,1H3. The van der Waals surface area contributed by atoms with Crippen molar-refractivity contribution in [3.63, 3.8) is 0 Å². The van der Waals surface area contributed by atoms with Gasteiger partial charge in [-0.3, -0.25) is 0 Å². The lowest BCUT2D eigenvalue weighted by Gasteiger charge is -2.06. The predicted octanol–water partition coefficient (Wildman–Crippen LogP) is 3.84. The third kappa shape index (κ3) is 4.76. The first kappa shape index (κ1) is 13.6. The fraction of sp³-hybridized carbons (Fsp3) is 0.294. The van der Waals surface area contributed by atoms with Gasteiger partial charge in [0.05, 0.1) is 13.7 Å². The largest absolute Gasteiger partial charge is 0.497 e. The Morgan fingerprint density at radius 3 is 2.47 bits per heavy atom. The Kier molecular flexibility index (Phi) is 5.45. The molecule has 0 saturated carbocycles. The molecule has 2 rings (SSSR count). The Morgan fingerprint density at radius 2 is 1.68 bits per heavy atom. The van der Waals surface area contributed by atoms with E-state index in [1.54, 1.807) is 7.11 Å². The fourth-order valence-corrected chi connectivity index (χ4v) is 1.97. The summed E-state index contributed by atoms with van der Waals surface area (Å²) in [6, 6.07) is 18.5. The zero-order valence-electron chi connectivity index (χ0n) is 11.3. The Morgan fingerprint density at radius 1 is 0.895 bits per heavy atom. The summed E-state index contributed by atoms with van der Waals surface area (Å²) in [7, 11) is 1.70. The van der Waals surface area contributed by atoms with E-state index in [0.717, 1.165) is 25.2 Å². The van der Waals surface area contributed by atoms with Crippen molar-refractivity contribution in [2.24, 2.45) is 0 Å². The maximum absolute atomic E-state index is 5.67.